The van der Waals surface area contributed by atoms with Crippen LogP contribution in [-0.4, -0.2) is 44.2 Å². The molecule has 8 heteroatoms. The number of aromatic nitrogens is 2. The van der Waals surface area contributed by atoms with Crippen molar-refractivity contribution >= 4 is 5.82 Å². The van der Waals surface area contributed by atoms with Gasteiger partial charge in [-0.25, -0.2) is 9.18 Å². The summed E-state index contributed by atoms with van der Waals surface area (Å²) in [4.78, 5) is 15.2. The van der Waals surface area contributed by atoms with Crippen LogP contribution in [0.15, 0.2) is 29.2 Å². The van der Waals surface area contributed by atoms with Crippen LogP contribution in [0.5, 0.6) is 0 Å². The summed E-state index contributed by atoms with van der Waals surface area (Å²) in [6.45, 7) is 1.03. The van der Waals surface area contributed by atoms with Gasteiger partial charge in [0.1, 0.15) is 17.5 Å². The number of alkyl halides is 1. The van der Waals surface area contributed by atoms with Gasteiger partial charge in [-0.3, -0.25) is 4.57 Å². The topological polar surface area (TPSA) is 111 Å². The van der Waals surface area contributed by atoms with Gasteiger partial charge in [0.05, 0.1) is 6.61 Å². The Kier molecular flexibility index (Phi) is 3.89. The molecule has 2 heterocycles. The van der Waals surface area contributed by atoms with Crippen molar-refractivity contribution in [1.82, 2.24) is 9.55 Å². The predicted octanol–water partition coefficient (Wildman–Crippen LogP) is -0.640. The summed E-state index contributed by atoms with van der Waals surface area (Å²) < 4.78 is 20.5. The van der Waals surface area contributed by atoms with Crippen LogP contribution in [-0.2, 0) is 4.74 Å². The van der Waals surface area contributed by atoms with Crippen molar-refractivity contribution in [3.05, 3.63) is 34.9 Å². The van der Waals surface area contributed by atoms with Crippen molar-refractivity contribution in [3.8, 4) is 0 Å². The average Bonchev–Trinajstić information content (AvgIpc) is 2.65. The maximum absolute atomic E-state index is 14.2. The Bertz CT molecular complexity index is 576. The normalized spacial score (nSPS) is 33.9. The zero-order chi connectivity index (χ0) is 14.9. The fraction of sp³-hybridized carbons (Fsp3) is 0.500. The Balaban J connectivity index is 2.42. The molecule has 1 aliphatic rings. The molecule has 0 radical (unpaired) electrons. The van der Waals surface area contributed by atoms with Gasteiger partial charge in [0.25, 0.3) is 0 Å². The number of ether oxygens (including phenoxy) is 1. The summed E-state index contributed by atoms with van der Waals surface area (Å²) in [5, 5.41) is 19.3. The summed E-state index contributed by atoms with van der Waals surface area (Å²) >= 11 is 0. The summed E-state index contributed by atoms with van der Waals surface area (Å²) in [7, 11) is 0. The van der Waals surface area contributed by atoms with Crippen LogP contribution in [0.1, 0.15) is 13.2 Å². The monoisotopic (exact) mass is 285 g/mol. The third kappa shape index (κ3) is 2.21. The van der Waals surface area contributed by atoms with Crippen molar-refractivity contribution in [2.24, 2.45) is 0 Å². The third-order valence-corrected chi connectivity index (χ3v) is 3.24. The van der Waals surface area contributed by atoms with Crippen LogP contribution in [0.25, 0.3) is 0 Å². The first-order valence-electron chi connectivity index (χ1n) is 6.04. The Morgan fingerprint density at radius 1 is 1.70 bits per heavy atom. The number of hydrogen-bond acceptors (Lipinski definition) is 6. The van der Waals surface area contributed by atoms with Crippen LogP contribution in [0, 0.1) is 0 Å². The van der Waals surface area contributed by atoms with E-state index in [-0.39, 0.29) is 5.82 Å². The van der Waals surface area contributed by atoms with Gasteiger partial charge in [-0.1, -0.05) is 12.2 Å². The lowest BCUT2D eigenvalue weighted by Gasteiger charge is -2.25. The smallest absolute Gasteiger partial charge is 0.351 e. The van der Waals surface area contributed by atoms with Gasteiger partial charge in [0.2, 0.25) is 0 Å². The lowest BCUT2D eigenvalue weighted by Crippen LogP contribution is -2.43. The number of nitrogens with zero attached hydrogens (tertiary/aromatic N) is 2. The summed E-state index contributed by atoms with van der Waals surface area (Å²) in [6, 6.07) is 1.32. The lowest BCUT2D eigenvalue weighted by molar-refractivity contribution is -0.0984. The number of hydrogen-bond donors (Lipinski definition) is 3. The minimum atomic E-state index is -1.89. The van der Waals surface area contributed by atoms with Gasteiger partial charge in [0, 0.05) is 6.20 Å². The van der Waals surface area contributed by atoms with Gasteiger partial charge < -0.3 is 20.7 Å². The first-order chi connectivity index (χ1) is 9.45. The van der Waals surface area contributed by atoms with E-state index in [1.165, 1.54) is 24.4 Å². The minimum absolute atomic E-state index is 0.00193. The van der Waals surface area contributed by atoms with E-state index >= 15 is 0 Å². The molecule has 4 N–H and O–H groups in total. The van der Waals surface area contributed by atoms with E-state index in [0.717, 1.165) is 4.57 Å². The lowest BCUT2D eigenvalue weighted by atomic mass is 9.96. The summed E-state index contributed by atoms with van der Waals surface area (Å²) in [5.41, 5.74) is 2.98. The molecule has 110 valence electrons. The number of aliphatic hydroxyl groups excluding tert-OH is 2. The molecule has 4 atom stereocenters. The van der Waals surface area contributed by atoms with E-state index in [1.807, 2.05) is 0 Å². The molecule has 1 aliphatic heterocycles. The number of halogens is 1. The van der Waals surface area contributed by atoms with E-state index in [0.29, 0.717) is 0 Å². The minimum Gasteiger partial charge on any atom is -0.393 e. The Morgan fingerprint density at radius 3 is 2.95 bits per heavy atom. The van der Waals surface area contributed by atoms with Crippen molar-refractivity contribution < 1.29 is 19.3 Å². The van der Waals surface area contributed by atoms with Crippen LogP contribution in [0.3, 0.4) is 0 Å². The molecular weight excluding hydrogens is 269 g/mol. The summed E-state index contributed by atoms with van der Waals surface area (Å²) in [6.07, 6.45) is -0.746. The molecule has 0 aliphatic carbocycles. The average molecular weight is 285 g/mol. The molecule has 1 fully saturated rings. The highest BCUT2D eigenvalue weighted by Crippen LogP contribution is 2.39. The van der Waals surface area contributed by atoms with Gasteiger partial charge in [-0.2, -0.15) is 4.98 Å². The fourth-order valence-electron chi connectivity index (χ4n) is 2.22. The van der Waals surface area contributed by atoms with Crippen LogP contribution >= 0.6 is 0 Å². The van der Waals surface area contributed by atoms with Crippen LogP contribution < -0.4 is 11.4 Å². The molecule has 1 saturated heterocycles. The Hall–Kier alpha value is -1.77. The van der Waals surface area contributed by atoms with Gasteiger partial charge in [-0.15, -0.1) is 0 Å². The number of rotatable bonds is 3. The van der Waals surface area contributed by atoms with Gasteiger partial charge in [-0.05, 0) is 13.0 Å². The standard InChI is InChI=1S/C12H16FN3O4/c1-2-4-12(6-17)9(18)8(13)10(20-12)16-5-3-7(14)15-11(16)19/h2-5,8-10,17-18H,6H2,1H3,(H2,14,15,19)/b4-2+/t8-,9-,10+,12+/m0/s1. The SMILES string of the molecule is C/C=C/[C@]1(CO)O[C@@H](n2ccc(N)nc2=O)[C@@H](F)[C@@H]1O. The van der Waals surface area contributed by atoms with Crippen molar-refractivity contribution in [3.63, 3.8) is 0 Å². The molecule has 0 saturated carbocycles. The second-order valence-electron chi connectivity index (χ2n) is 4.55. The molecule has 1 aromatic heterocycles. The third-order valence-electron chi connectivity index (χ3n) is 3.24. The molecule has 1 aromatic rings. The molecule has 2 rings (SSSR count). The largest absolute Gasteiger partial charge is 0.393 e. The van der Waals surface area contributed by atoms with E-state index < -0.39 is 36.4 Å². The Morgan fingerprint density at radius 2 is 2.40 bits per heavy atom. The molecule has 7 nitrogen and oxygen atoms in total. The van der Waals surface area contributed by atoms with E-state index in [9.17, 15) is 19.4 Å². The second kappa shape index (κ2) is 5.31. The van der Waals surface area contributed by atoms with Crippen molar-refractivity contribution in [2.45, 2.75) is 31.0 Å². The van der Waals surface area contributed by atoms with Crippen molar-refractivity contribution in [2.75, 3.05) is 12.3 Å². The highest BCUT2D eigenvalue weighted by atomic mass is 19.1. The van der Waals surface area contributed by atoms with Gasteiger partial charge >= 0.3 is 5.69 Å². The predicted molar refractivity (Wildman–Crippen MR) is 68.6 cm³/mol. The van der Waals surface area contributed by atoms with E-state index in [2.05, 4.69) is 4.98 Å². The highest BCUT2D eigenvalue weighted by Gasteiger charge is 2.54. The van der Waals surface area contributed by atoms with Crippen LogP contribution in [0.2, 0.25) is 0 Å². The van der Waals surface area contributed by atoms with E-state index in [1.54, 1.807) is 6.92 Å². The first kappa shape index (κ1) is 14.6. The molecule has 0 bridgehead atoms. The van der Waals surface area contributed by atoms with Gasteiger partial charge in [0.15, 0.2) is 12.4 Å². The summed E-state index contributed by atoms with van der Waals surface area (Å²) in [5.74, 6) is 0.00193. The molecular formula is C12H16FN3O4. The molecule has 0 unspecified atom stereocenters. The molecule has 0 aromatic carbocycles. The zero-order valence-electron chi connectivity index (χ0n) is 10.8. The number of nitrogen functional groups attached to an aromatic ring is 1. The quantitative estimate of drug-likeness (QED) is 0.637. The van der Waals surface area contributed by atoms with Crippen LogP contribution in [0.4, 0.5) is 10.2 Å². The molecule has 20 heavy (non-hydrogen) atoms. The number of anilines is 1. The number of allylic oxidation sites excluding steroid dienone is 1. The maximum Gasteiger partial charge on any atom is 0.351 e. The fourth-order valence-corrected chi connectivity index (χ4v) is 2.22. The number of aliphatic hydroxyl groups is 2. The highest BCUT2D eigenvalue weighted by molar-refractivity contribution is 5.24. The number of nitrogens with two attached hydrogens (primary N) is 1. The van der Waals surface area contributed by atoms with Crippen molar-refractivity contribution in [1.29, 1.82) is 0 Å². The molecule has 0 spiro atoms. The first-order valence-corrected chi connectivity index (χ1v) is 6.04. The second-order valence-corrected chi connectivity index (χ2v) is 4.55. The Labute approximate surface area is 114 Å². The zero-order valence-corrected chi connectivity index (χ0v) is 10.8. The maximum atomic E-state index is 14.2. The molecule has 0 amide bonds. The van der Waals surface area contributed by atoms with E-state index in [4.69, 9.17) is 10.5 Å².